The Kier molecular flexibility index (Phi) is 4.12. The van der Waals surface area contributed by atoms with Crippen molar-refractivity contribution in [1.29, 1.82) is 0 Å². The number of nitrogens with one attached hydrogen (secondary N) is 1. The summed E-state index contributed by atoms with van der Waals surface area (Å²) in [4.78, 5) is 0.455. The summed E-state index contributed by atoms with van der Waals surface area (Å²) < 4.78 is 29.2. The van der Waals surface area contributed by atoms with E-state index in [0.29, 0.717) is 10.9 Å². The Bertz CT molecular complexity index is 600. The van der Waals surface area contributed by atoms with Crippen molar-refractivity contribution in [2.24, 2.45) is 0 Å². The van der Waals surface area contributed by atoms with Crippen molar-refractivity contribution in [3.63, 3.8) is 0 Å². The first-order chi connectivity index (χ1) is 10.0. The van der Waals surface area contributed by atoms with E-state index in [1.165, 1.54) is 0 Å². The highest BCUT2D eigenvalue weighted by molar-refractivity contribution is 7.89. The first-order valence-electron chi connectivity index (χ1n) is 7.93. The van der Waals surface area contributed by atoms with Crippen LogP contribution in [0.25, 0.3) is 0 Å². The molecule has 1 heterocycles. The van der Waals surface area contributed by atoms with Crippen molar-refractivity contribution in [2.45, 2.75) is 62.6 Å². The molecule has 3 rings (SSSR count). The first kappa shape index (κ1) is 15.1. The van der Waals surface area contributed by atoms with Crippen LogP contribution in [-0.2, 0) is 16.6 Å². The van der Waals surface area contributed by atoms with Crippen molar-refractivity contribution in [2.75, 3.05) is 13.6 Å². The van der Waals surface area contributed by atoms with Crippen LogP contribution in [0.5, 0.6) is 0 Å². The van der Waals surface area contributed by atoms with Crippen molar-refractivity contribution >= 4 is 10.0 Å². The van der Waals surface area contributed by atoms with E-state index in [9.17, 15) is 8.42 Å². The lowest BCUT2D eigenvalue weighted by Gasteiger charge is -2.33. The van der Waals surface area contributed by atoms with Gasteiger partial charge in [0.05, 0.1) is 0 Å². The summed E-state index contributed by atoms with van der Waals surface area (Å²) in [6.07, 6.45) is 7.28. The van der Waals surface area contributed by atoms with Gasteiger partial charge in [-0.2, -0.15) is 4.31 Å². The van der Waals surface area contributed by atoms with Gasteiger partial charge in [0, 0.05) is 37.6 Å². The van der Waals surface area contributed by atoms with Crippen LogP contribution < -0.4 is 5.32 Å². The standard InChI is InChI=1S/C15H25N3O2S/c1-3-16-10-14-9-15(11-18(14)13-7-8-13)21(19,20)17(2)12-5-4-6-12/h9,11-13,16H,3-8,10H2,1-2H3. The summed E-state index contributed by atoms with van der Waals surface area (Å²) in [7, 11) is -1.63. The van der Waals surface area contributed by atoms with Crippen LogP contribution in [-0.4, -0.2) is 36.9 Å². The molecule has 0 aliphatic heterocycles. The lowest BCUT2D eigenvalue weighted by atomic mass is 9.94. The van der Waals surface area contributed by atoms with Gasteiger partial charge < -0.3 is 9.88 Å². The molecule has 0 amide bonds. The smallest absolute Gasteiger partial charge is 0.244 e. The molecule has 1 aromatic rings. The van der Waals surface area contributed by atoms with Crippen molar-refractivity contribution in [1.82, 2.24) is 14.2 Å². The van der Waals surface area contributed by atoms with Gasteiger partial charge in [-0.25, -0.2) is 8.42 Å². The Labute approximate surface area is 127 Å². The molecule has 2 saturated carbocycles. The molecule has 0 aromatic carbocycles. The van der Waals surface area contributed by atoms with Crippen LogP contribution in [0.1, 0.15) is 50.8 Å². The number of aromatic nitrogens is 1. The summed E-state index contributed by atoms with van der Waals surface area (Å²) in [5.74, 6) is 0. The maximum absolute atomic E-state index is 12.7. The first-order valence-corrected chi connectivity index (χ1v) is 9.37. The predicted molar refractivity (Wildman–Crippen MR) is 82.7 cm³/mol. The Morgan fingerprint density at radius 3 is 2.57 bits per heavy atom. The lowest BCUT2D eigenvalue weighted by molar-refractivity contribution is 0.249. The minimum Gasteiger partial charge on any atom is -0.346 e. The summed E-state index contributed by atoms with van der Waals surface area (Å²) in [6.45, 7) is 3.68. The third kappa shape index (κ3) is 2.89. The van der Waals surface area contributed by atoms with Crippen molar-refractivity contribution < 1.29 is 8.42 Å². The molecule has 0 unspecified atom stereocenters. The molecule has 2 fully saturated rings. The third-order valence-electron chi connectivity index (χ3n) is 4.67. The van der Waals surface area contributed by atoms with E-state index < -0.39 is 10.0 Å². The molecule has 0 bridgehead atoms. The number of hydrogen-bond donors (Lipinski definition) is 1. The van der Waals surface area contributed by atoms with E-state index in [1.807, 2.05) is 12.3 Å². The molecule has 0 spiro atoms. The zero-order valence-corrected chi connectivity index (χ0v) is 13.7. The maximum atomic E-state index is 12.7. The fraction of sp³-hybridized carbons (Fsp3) is 0.733. The third-order valence-corrected chi connectivity index (χ3v) is 6.54. The van der Waals surface area contributed by atoms with Crippen molar-refractivity contribution in [3.8, 4) is 0 Å². The molecule has 0 radical (unpaired) electrons. The Balaban J connectivity index is 1.86. The maximum Gasteiger partial charge on any atom is 0.244 e. The van der Waals surface area contributed by atoms with E-state index in [1.54, 1.807) is 11.4 Å². The van der Waals surface area contributed by atoms with Crippen LogP contribution in [0.3, 0.4) is 0 Å². The number of sulfonamides is 1. The molecule has 5 nitrogen and oxygen atoms in total. The van der Waals surface area contributed by atoms with Gasteiger partial charge in [-0.1, -0.05) is 13.3 Å². The molecule has 2 aliphatic rings. The van der Waals surface area contributed by atoms with Gasteiger partial charge in [0.15, 0.2) is 0 Å². The molecule has 0 saturated heterocycles. The Morgan fingerprint density at radius 1 is 1.33 bits per heavy atom. The lowest BCUT2D eigenvalue weighted by Crippen LogP contribution is -2.41. The number of rotatable bonds is 7. The summed E-state index contributed by atoms with van der Waals surface area (Å²) >= 11 is 0. The molecule has 118 valence electrons. The fourth-order valence-corrected chi connectivity index (χ4v) is 4.31. The summed E-state index contributed by atoms with van der Waals surface area (Å²) in [6, 6.07) is 2.54. The van der Waals surface area contributed by atoms with Gasteiger partial charge in [0.25, 0.3) is 0 Å². The van der Waals surface area contributed by atoms with Crippen LogP contribution >= 0.6 is 0 Å². The molecule has 1 aromatic heterocycles. The molecular formula is C15H25N3O2S. The monoisotopic (exact) mass is 311 g/mol. The quantitative estimate of drug-likeness (QED) is 0.839. The van der Waals surface area contributed by atoms with Crippen LogP contribution in [0.4, 0.5) is 0 Å². The second kappa shape index (κ2) is 5.74. The predicted octanol–water partition coefficient (Wildman–Crippen LogP) is 2.11. The minimum atomic E-state index is -3.35. The fourth-order valence-electron chi connectivity index (χ4n) is 2.84. The van der Waals surface area contributed by atoms with Crippen LogP contribution in [0.2, 0.25) is 0 Å². The van der Waals surface area contributed by atoms with E-state index in [2.05, 4.69) is 16.8 Å². The number of hydrogen-bond acceptors (Lipinski definition) is 3. The van der Waals surface area contributed by atoms with Gasteiger partial charge >= 0.3 is 0 Å². The number of nitrogens with zero attached hydrogens (tertiary/aromatic N) is 2. The highest BCUT2D eigenvalue weighted by atomic mass is 32.2. The molecule has 0 atom stereocenters. The average Bonchev–Trinajstić information content (AvgIpc) is 3.14. The SMILES string of the molecule is CCNCc1cc(S(=O)(=O)N(C)C2CCC2)cn1C1CC1. The minimum absolute atomic E-state index is 0.191. The zero-order chi connectivity index (χ0) is 15.0. The summed E-state index contributed by atoms with van der Waals surface area (Å²) in [5, 5.41) is 3.30. The van der Waals surface area contributed by atoms with Gasteiger partial charge in [-0.05, 0) is 38.3 Å². The summed E-state index contributed by atoms with van der Waals surface area (Å²) in [5.41, 5.74) is 1.08. The highest BCUT2D eigenvalue weighted by Gasteiger charge is 2.34. The van der Waals surface area contributed by atoms with Gasteiger partial charge in [0.2, 0.25) is 10.0 Å². The topological polar surface area (TPSA) is 54.3 Å². The Morgan fingerprint density at radius 2 is 2.05 bits per heavy atom. The molecular weight excluding hydrogens is 286 g/mol. The van der Waals surface area contributed by atoms with Crippen molar-refractivity contribution in [3.05, 3.63) is 18.0 Å². The second-order valence-corrected chi connectivity index (χ2v) is 8.19. The molecule has 21 heavy (non-hydrogen) atoms. The van der Waals surface area contributed by atoms with Gasteiger partial charge in [-0.15, -0.1) is 0 Å². The van der Waals surface area contributed by atoms with E-state index >= 15 is 0 Å². The molecule has 2 aliphatic carbocycles. The van der Waals surface area contributed by atoms with E-state index in [0.717, 1.165) is 50.9 Å². The van der Waals surface area contributed by atoms with Gasteiger partial charge in [0.1, 0.15) is 4.90 Å². The largest absolute Gasteiger partial charge is 0.346 e. The zero-order valence-electron chi connectivity index (χ0n) is 12.9. The van der Waals surface area contributed by atoms with Gasteiger partial charge in [-0.3, -0.25) is 0 Å². The highest BCUT2D eigenvalue weighted by Crippen LogP contribution is 2.38. The normalized spacial score (nSPS) is 20.0. The van der Waals surface area contributed by atoms with E-state index in [-0.39, 0.29) is 6.04 Å². The second-order valence-electron chi connectivity index (χ2n) is 6.19. The van der Waals surface area contributed by atoms with Crippen LogP contribution in [0, 0.1) is 0 Å². The van der Waals surface area contributed by atoms with E-state index in [4.69, 9.17) is 0 Å². The average molecular weight is 311 g/mol. The Hall–Kier alpha value is -0.850. The van der Waals surface area contributed by atoms with Crippen LogP contribution in [0.15, 0.2) is 17.2 Å². The molecule has 6 heteroatoms. The molecule has 1 N–H and O–H groups in total.